The van der Waals surface area contributed by atoms with E-state index >= 15 is 0 Å². The SMILES string of the molecule is CCc1cc(C)c(F)c(F)c1CC(C)C. The molecule has 0 aliphatic rings. The van der Waals surface area contributed by atoms with Gasteiger partial charge in [-0.1, -0.05) is 26.8 Å². The van der Waals surface area contributed by atoms with Crippen LogP contribution in [0.4, 0.5) is 8.78 Å². The van der Waals surface area contributed by atoms with Gasteiger partial charge in [0.25, 0.3) is 0 Å². The van der Waals surface area contributed by atoms with Gasteiger partial charge >= 0.3 is 0 Å². The fraction of sp³-hybridized carbons (Fsp3) is 0.538. The molecule has 84 valence electrons. The van der Waals surface area contributed by atoms with Crippen LogP contribution in [0.2, 0.25) is 0 Å². The highest BCUT2D eigenvalue weighted by molar-refractivity contribution is 5.34. The Balaban J connectivity index is 3.27. The summed E-state index contributed by atoms with van der Waals surface area (Å²) >= 11 is 0. The zero-order valence-corrected chi connectivity index (χ0v) is 9.82. The Kier molecular flexibility index (Phi) is 3.83. The molecule has 0 N–H and O–H groups in total. The number of halogens is 2. The Morgan fingerprint density at radius 2 is 1.80 bits per heavy atom. The standard InChI is InChI=1S/C13H18F2/c1-5-10-7-9(4)12(14)13(15)11(10)6-8(2)3/h7-8H,5-6H2,1-4H3. The molecule has 1 aromatic carbocycles. The van der Waals surface area contributed by atoms with Crippen LogP contribution in [0, 0.1) is 24.5 Å². The molecule has 0 fully saturated rings. The fourth-order valence-electron chi connectivity index (χ4n) is 1.80. The predicted octanol–water partition coefficient (Wildman–Crippen LogP) is 4.03. The van der Waals surface area contributed by atoms with Crippen LogP contribution in [0.25, 0.3) is 0 Å². The van der Waals surface area contributed by atoms with Crippen LogP contribution >= 0.6 is 0 Å². The highest BCUT2D eigenvalue weighted by Crippen LogP contribution is 2.23. The van der Waals surface area contributed by atoms with Crippen LogP contribution in [0.15, 0.2) is 6.07 Å². The Hall–Kier alpha value is -0.920. The Morgan fingerprint density at radius 1 is 1.20 bits per heavy atom. The van der Waals surface area contributed by atoms with Crippen molar-refractivity contribution in [1.29, 1.82) is 0 Å². The van der Waals surface area contributed by atoms with Crippen LogP contribution in [-0.2, 0) is 12.8 Å². The Bertz CT molecular complexity index is 354. The van der Waals surface area contributed by atoms with Crippen LogP contribution in [-0.4, -0.2) is 0 Å². The van der Waals surface area contributed by atoms with Gasteiger partial charge in [0, 0.05) is 0 Å². The average molecular weight is 212 g/mol. The highest BCUT2D eigenvalue weighted by Gasteiger charge is 2.16. The van der Waals surface area contributed by atoms with Crippen LogP contribution in [0.5, 0.6) is 0 Å². The second-order valence-corrected chi connectivity index (χ2v) is 4.41. The monoisotopic (exact) mass is 212 g/mol. The van der Waals surface area contributed by atoms with Gasteiger partial charge in [0.15, 0.2) is 11.6 Å². The quantitative estimate of drug-likeness (QED) is 0.709. The van der Waals surface area contributed by atoms with Gasteiger partial charge < -0.3 is 0 Å². The van der Waals surface area contributed by atoms with Gasteiger partial charge in [-0.25, -0.2) is 8.78 Å². The van der Waals surface area contributed by atoms with E-state index in [0.717, 1.165) is 12.0 Å². The first-order valence-electron chi connectivity index (χ1n) is 5.43. The lowest BCUT2D eigenvalue weighted by Crippen LogP contribution is -2.06. The summed E-state index contributed by atoms with van der Waals surface area (Å²) in [5.41, 5.74) is 1.88. The third-order valence-corrected chi connectivity index (χ3v) is 2.58. The smallest absolute Gasteiger partial charge is 0.162 e. The van der Waals surface area contributed by atoms with E-state index in [1.54, 1.807) is 13.0 Å². The van der Waals surface area contributed by atoms with Gasteiger partial charge in [0.1, 0.15) is 0 Å². The van der Waals surface area contributed by atoms with Crippen LogP contribution < -0.4 is 0 Å². The predicted molar refractivity (Wildman–Crippen MR) is 59.0 cm³/mol. The maximum absolute atomic E-state index is 13.7. The molecule has 0 atom stereocenters. The van der Waals surface area contributed by atoms with Crippen molar-refractivity contribution < 1.29 is 8.78 Å². The molecule has 0 bridgehead atoms. The molecule has 0 aromatic heterocycles. The van der Waals surface area contributed by atoms with E-state index in [4.69, 9.17) is 0 Å². The van der Waals surface area contributed by atoms with Gasteiger partial charge in [-0.15, -0.1) is 0 Å². The summed E-state index contributed by atoms with van der Waals surface area (Å²) in [4.78, 5) is 0. The Labute approximate surface area is 90.3 Å². The highest BCUT2D eigenvalue weighted by atomic mass is 19.2. The molecule has 0 saturated carbocycles. The minimum Gasteiger partial charge on any atom is -0.203 e. The summed E-state index contributed by atoms with van der Waals surface area (Å²) in [6.07, 6.45) is 1.35. The van der Waals surface area contributed by atoms with Gasteiger partial charge in [0.2, 0.25) is 0 Å². The van der Waals surface area contributed by atoms with E-state index in [2.05, 4.69) is 0 Å². The number of hydrogen-bond acceptors (Lipinski definition) is 0. The lowest BCUT2D eigenvalue weighted by Gasteiger charge is -2.13. The van der Waals surface area contributed by atoms with E-state index < -0.39 is 11.6 Å². The third kappa shape index (κ3) is 2.55. The number of aryl methyl sites for hydroxylation is 2. The molecule has 2 heteroatoms. The second-order valence-electron chi connectivity index (χ2n) is 4.41. The van der Waals surface area contributed by atoms with Gasteiger partial charge in [-0.2, -0.15) is 0 Å². The first-order chi connectivity index (χ1) is 6.97. The van der Waals surface area contributed by atoms with Crippen molar-refractivity contribution in [3.8, 4) is 0 Å². The van der Waals surface area contributed by atoms with Gasteiger partial charge in [-0.05, 0) is 42.4 Å². The second kappa shape index (κ2) is 4.73. The average Bonchev–Trinajstić information content (AvgIpc) is 2.18. The number of hydrogen-bond donors (Lipinski definition) is 0. The molecular weight excluding hydrogens is 194 g/mol. The first-order valence-corrected chi connectivity index (χ1v) is 5.43. The minimum absolute atomic E-state index is 0.340. The molecule has 0 amide bonds. The third-order valence-electron chi connectivity index (χ3n) is 2.58. The maximum atomic E-state index is 13.7. The maximum Gasteiger partial charge on any atom is 0.162 e. The molecule has 1 rings (SSSR count). The van der Waals surface area contributed by atoms with E-state index in [0.29, 0.717) is 23.5 Å². The molecular formula is C13H18F2. The molecule has 0 heterocycles. The zero-order chi connectivity index (χ0) is 11.6. The first kappa shape index (κ1) is 12.2. The van der Waals surface area contributed by atoms with Crippen LogP contribution in [0.1, 0.15) is 37.5 Å². The molecule has 1 aromatic rings. The van der Waals surface area contributed by atoms with E-state index in [-0.39, 0.29) is 0 Å². The fourth-order valence-corrected chi connectivity index (χ4v) is 1.80. The molecule has 0 radical (unpaired) electrons. The summed E-state index contributed by atoms with van der Waals surface area (Å²) in [6.45, 7) is 7.60. The topological polar surface area (TPSA) is 0 Å². The van der Waals surface area contributed by atoms with Crippen molar-refractivity contribution in [1.82, 2.24) is 0 Å². The van der Waals surface area contributed by atoms with Gasteiger partial charge in [-0.3, -0.25) is 0 Å². The van der Waals surface area contributed by atoms with E-state index in [1.165, 1.54) is 0 Å². The van der Waals surface area contributed by atoms with Gasteiger partial charge in [0.05, 0.1) is 0 Å². The molecule has 0 unspecified atom stereocenters. The summed E-state index contributed by atoms with van der Waals surface area (Å²) in [5, 5.41) is 0. The van der Waals surface area contributed by atoms with Crippen molar-refractivity contribution in [3.63, 3.8) is 0 Å². The lowest BCUT2D eigenvalue weighted by atomic mass is 9.94. The summed E-state index contributed by atoms with van der Waals surface area (Å²) < 4.78 is 27.1. The largest absolute Gasteiger partial charge is 0.203 e. The molecule has 0 saturated heterocycles. The molecule has 0 spiro atoms. The van der Waals surface area contributed by atoms with Crippen LogP contribution in [0.3, 0.4) is 0 Å². The number of benzene rings is 1. The normalized spacial score (nSPS) is 11.1. The zero-order valence-electron chi connectivity index (χ0n) is 9.82. The van der Waals surface area contributed by atoms with Crippen molar-refractivity contribution in [3.05, 3.63) is 34.4 Å². The summed E-state index contributed by atoms with van der Waals surface area (Å²) in [6, 6.07) is 1.76. The minimum atomic E-state index is -0.692. The lowest BCUT2D eigenvalue weighted by molar-refractivity contribution is 0.482. The van der Waals surface area contributed by atoms with Crippen molar-refractivity contribution in [2.24, 2.45) is 5.92 Å². The van der Waals surface area contributed by atoms with E-state index in [1.807, 2.05) is 20.8 Å². The van der Waals surface area contributed by atoms with Crippen molar-refractivity contribution >= 4 is 0 Å². The molecule has 15 heavy (non-hydrogen) atoms. The van der Waals surface area contributed by atoms with Crippen molar-refractivity contribution in [2.75, 3.05) is 0 Å². The molecule has 0 nitrogen and oxygen atoms in total. The number of rotatable bonds is 3. The molecule has 0 aliphatic carbocycles. The van der Waals surface area contributed by atoms with E-state index in [9.17, 15) is 8.78 Å². The molecule has 0 aliphatic heterocycles. The summed E-state index contributed by atoms with van der Waals surface area (Å²) in [5.74, 6) is -1.00. The Morgan fingerprint density at radius 3 is 2.27 bits per heavy atom. The summed E-state index contributed by atoms with van der Waals surface area (Å²) in [7, 11) is 0. The van der Waals surface area contributed by atoms with Crippen molar-refractivity contribution in [2.45, 2.75) is 40.5 Å².